The molecular weight excluding hydrogens is 365 g/mol. The first-order valence-electron chi connectivity index (χ1n) is 9.86. The van der Waals surface area contributed by atoms with Gasteiger partial charge >= 0.3 is 0 Å². The fourth-order valence-electron chi connectivity index (χ4n) is 3.75. The lowest BCUT2D eigenvalue weighted by Gasteiger charge is -2.06. The maximum absolute atomic E-state index is 13.9. The zero-order valence-electron chi connectivity index (χ0n) is 16.1. The SMILES string of the molecule is O=C(CCCc1ccc(-c2ccccc2F)cc1)Cc1ccc2c(c1)CNC2=O. The Kier molecular flexibility index (Phi) is 5.52. The van der Waals surface area contributed by atoms with Crippen LogP contribution in [-0.4, -0.2) is 11.7 Å². The number of aryl methyl sites for hydroxylation is 1. The van der Waals surface area contributed by atoms with E-state index in [-0.39, 0.29) is 17.5 Å². The first-order valence-corrected chi connectivity index (χ1v) is 9.86. The third-order valence-corrected chi connectivity index (χ3v) is 5.31. The van der Waals surface area contributed by atoms with E-state index in [4.69, 9.17) is 0 Å². The summed E-state index contributed by atoms with van der Waals surface area (Å²) in [7, 11) is 0. The highest BCUT2D eigenvalue weighted by Gasteiger charge is 2.18. The number of carbonyl (C=O) groups is 2. The normalized spacial score (nSPS) is 12.5. The molecule has 4 rings (SSSR count). The molecule has 0 saturated carbocycles. The van der Waals surface area contributed by atoms with Crippen LogP contribution in [-0.2, 0) is 24.2 Å². The predicted molar refractivity (Wildman–Crippen MR) is 111 cm³/mol. The summed E-state index contributed by atoms with van der Waals surface area (Å²) in [5.74, 6) is -0.0679. The molecule has 0 atom stereocenters. The minimum absolute atomic E-state index is 0.0427. The summed E-state index contributed by atoms with van der Waals surface area (Å²) in [5, 5.41) is 2.79. The Morgan fingerprint density at radius 1 is 0.931 bits per heavy atom. The van der Waals surface area contributed by atoms with Crippen LogP contribution in [0.4, 0.5) is 4.39 Å². The second kappa shape index (κ2) is 8.39. The lowest BCUT2D eigenvalue weighted by atomic mass is 9.98. The predicted octanol–water partition coefficient (Wildman–Crippen LogP) is 4.87. The Balaban J connectivity index is 1.28. The molecule has 1 aliphatic rings. The molecule has 1 amide bonds. The number of Topliss-reactive ketones (excluding diaryl/α,β-unsaturated/α-hetero) is 1. The number of benzene rings is 3. The Bertz CT molecular complexity index is 1060. The van der Waals surface area contributed by atoms with E-state index in [0.717, 1.165) is 35.1 Å². The first-order chi connectivity index (χ1) is 14.1. The van der Waals surface area contributed by atoms with Crippen LogP contribution >= 0.6 is 0 Å². The summed E-state index contributed by atoms with van der Waals surface area (Å²) >= 11 is 0. The van der Waals surface area contributed by atoms with Gasteiger partial charge in [-0.05, 0) is 47.2 Å². The van der Waals surface area contributed by atoms with Crippen LogP contribution in [0.25, 0.3) is 11.1 Å². The Morgan fingerprint density at radius 3 is 2.48 bits per heavy atom. The van der Waals surface area contributed by atoms with Crippen LogP contribution < -0.4 is 5.32 Å². The van der Waals surface area contributed by atoms with Gasteiger partial charge in [0.15, 0.2) is 0 Å². The second-order valence-corrected chi connectivity index (χ2v) is 7.42. The molecule has 1 N–H and O–H groups in total. The van der Waals surface area contributed by atoms with E-state index in [1.165, 1.54) is 6.07 Å². The van der Waals surface area contributed by atoms with Gasteiger partial charge in [-0.3, -0.25) is 9.59 Å². The number of fused-ring (bicyclic) bond motifs is 1. The fraction of sp³-hybridized carbons (Fsp3) is 0.200. The summed E-state index contributed by atoms with van der Waals surface area (Å²) in [5.41, 5.74) is 5.22. The van der Waals surface area contributed by atoms with Crippen molar-refractivity contribution in [3.05, 3.63) is 94.8 Å². The zero-order valence-corrected chi connectivity index (χ0v) is 16.1. The molecule has 1 aliphatic heterocycles. The van der Waals surface area contributed by atoms with Crippen molar-refractivity contribution in [1.29, 1.82) is 0 Å². The molecule has 0 saturated heterocycles. The number of ketones is 1. The van der Waals surface area contributed by atoms with Crippen LogP contribution in [0.15, 0.2) is 66.7 Å². The lowest BCUT2D eigenvalue weighted by Crippen LogP contribution is -2.12. The van der Waals surface area contributed by atoms with Gasteiger partial charge in [0, 0.05) is 30.5 Å². The van der Waals surface area contributed by atoms with Gasteiger partial charge in [-0.1, -0.05) is 54.6 Å². The van der Waals surface area contributed by atoms with Crippen molar-refractivity contribution in [2.75, 3.05) is 0 Å². The molecule has 0 aliphatic carbocycles. The fourth-order valence-corrected chi connectivity index (χ4v) is 3.75. The minimum atomic E-state index is -0.224. The van der Waals surface area contributed by atoms with Crippen molar-refractivity contribution >= 4 is 11.7 Å². The number of carbonyl (C=O) groups excluding carboxylic acids is 2. The quantitative estimate of drug-likeness (QED) is 0.629. The Labute approximate surface area is 169 Å². The van der Waals surface area contributed by atoms with Crippen LogP contribution in [0.5, 0.6) is 0 Å². The molecule has 0 aromatic heterocycles. The lowest BCUT2D eigenvalue weighted by molar-refractivity contribution is -0.118. The van der Waals surface area contributed by atoms with Crippen LogP contribution in [0, 0.1) is 5.82 Å². The molecule has 0 fully saturated rings. The van der Waals surface area contributed by atoms with Gasteiger partial charge in [0.1, 0.15) is 11.6 Å². The molecule has 146 valence electrons. The van der Waals surface area contributed by atoms with Crippen LogP contribution in [0.3, 0.4) is 0 Å². The number of amides is 1. The van der Waals surface area contributed by atoms with Gasteiger partial charge in [0.05, 0.1) is 0 Å². The van der Waals surface area contributed by atoms with E-state index in [1.54, 1.807) is 18.2 Å². The summed E-state index contributed by atoms with van der Waals surface area (Å²) in [6, 6.07) is 20.2. The average molecular weight is 387 g/mol. The van der Waals surface area contributed by atoms with Gasteiger partial charge in [0.25, 0.3) is 5.91 Å². The molecule has 0 radical (unpaired) electrons. The van der Waals surface area contributed by atoms with E-state index in [9.17, 15) is 14.0 Å². The topological polar surface area (TPSA) is 46.2 Å². The van der Waals surface area contributed by atoms with E-state index in [2.05, 4.69) is 5.32 Å². The molecule has 3 nitrogen and oxygen atoms in total. The number of hydrogen-bond acceptors (Lipinski definition) is 2. The number of rotatable bonds is 7. The molecule has 0 bridgehead atoms. The highest BCUT2D eigenvalue weighted by molar-refractivity contribution is 5.98. The van der Waals surface area contributed by atoms with Gasteiger partial charge in [-0.15, -0.1) is 0 Å². The molecule has 3 aromatic carbocycles. The smallest absolute Gasteiger partial charge is 0.251 e. The molecule has 0 unspecified atom stereocenters. The summed E-state index contributed by atoms with van der Waals surface area (Å²) in [6.07, 6.45) is 2.51. The molecule has 29 heavy (non-hydrogen) atoms. The molecule has 1 heterocycles. The van der Waals surface area contributed by atoms with Gasteiger partial charge in [-0.25, -0.2) is 4.39 Å². The number of halogens is 1. The summed E-state index contributed by atoms with van der Waals surface area (Å²) in [6.45, 7) is 0.541. The highest BCUT2D eigenvalue weighted by Crippen LogP contribution is 2.23. The number of hydrogen-bond donors (Lipinski definition) is 1. The summed E-state index contributed by atoms with van der Waals surface area (Å²) in [4.78, 5) is 23.9. The van der Waals surface area contributed by atoms with Crippen molar-refractivity contribution in [2.24, 2.45) is 0 Å². The molecule has 4 heteroatoms. The van der Waals surface area contributed by atoms with Crippen molar-refractivity contribution in [1.82, 2.24) is 5.32 Å². The second-order valence-electron chi connectivity index (χ2n) is 7.42. The summed E-state index contributed by atoms with van der Waals surface area (Å²) < 4.78 is 13.9. The standard InChI is InChI=1S/C25H22FNO2/c26-24-7-2-1-6-22(24)19-11-8-17(9-12-19)4-3-5-21(28)15-18-10-13-23-20(14-18)16-27-25(23)29/h1-2,6-14H,3-5,15-16H2,(H,27,29). The van der Waals surface area contributed by atoms with E-state index in [0.29, 0.717) is 30.5 Å². The maximum atomic E-state index is 13.9. The van der Waals surface area contributed by atoms with Gasteiger partial charge in [0.2, 0.25) is 0 Å². The molecular formula is C25H22FNO2. The van der Waals surface area contributed by atoms with Crippen molar-refractivity contribution < 1.29 is 14.0 Å². The highest BCUT2D eigenvalue weighted by atomic mass is 19.1. The van der Waals surface area contributed by atoms with Crippen LogP contribution in [0.2, 0.25) is 0 Å². The van der Waals surface area contributed by atoms with Gasteiger partial charge < -0.3 is 5.32 Å². The van der Waals surface area contributed by atoms with Crippen molar-refractivity contribution in [3.8, 4) is 11.1 Å². The van der Waals surface area contributed by atoms with E-state index < -0.39 is 0 Å². The zero-order chi connectivity index (χ0) is 20.2. The van der Waals surface area contributed by atoms with Gasteiger partial charge in [-0.2, -0.15) is 0 Å². The molecule has 0 spiro atoms. The Morgan fingerprint density at radius 2 is 1.69 bits per heavy atom. The van der Waals surface area contributed by atoms with Crippen molar-refractivity contribution in [2.45, 2.75) is 32.2 Å². The van der Waals surface area contributed by atoms with E-state index in [1.807, 2.05) is 42.5 Å². The minimum Gasteiger partial charge on any atom is -0.348 e. The largest absolute Gasteiger partial charge is 0.348 e. The molecule has 3 aromatic rings. The third kappa shape index (κ3) is 4.43. The van der Waals surface area contributed by atoms with E-state index >= 15 is 0 Å². The first kappa shape index (κ1) is 19.1. The van der Waals surface area contributed by atoms with Crippen LogP contribution in [0.1, 0.15) is 39.9 Å². The van der Waals surface area contributed by atoms with Crippen molar-refractivity contribution in [3.63, 3.8) is 0 Å². The average Bonchev–Trinajstić information content (AvgIpc) is 3.09. The number of nitrogens with one attached hydrogen (secondary N) is 1. The Hall–Kier alpha value is -3.27. The third-order valence-electron chi connectivity index (χ3n) is 5.31. The maximum Gasteiger partial charge on any atom is 0.251 e. The monoisotopic (exact) mass is 387 g/mol.